The quantitative estimate of drug-likeness (QED) is 0.102. The topological polar surface area (TPSA) is 126 Å². The van der Waals surface area contributed by atoms with Gasteiger partial charge in [-0.3, -0.25) is 14.5 Å². The summed E-state index contributed by atoms with van der Waals surface area (Å²) in [5.74, 6) is -0.261. The first-order valence-electron chi connectivity index (χ1n) is 19.8. The lowest BCUT2D eigenvalue weighted by atomic mass is 9.65. The normalized spacial score (nSPS) is 24.7. The molecule has 1 saturated carbocycles. The number of hydrogen-bond donors (Lipinski definition) is 4. The van der Waals surface area contributed by atoms with Crippen LogP contribution in [0.2, 0.25) is 0 Å². The lowest BCUT2D eigenvalue weighted by molar-refractivity contribution is -0.253. The van der Waals surface area contributed by atoms with Gasteiger partial charge in [-0.05, 0) is 82.5 Å². The number of nitrogens with one attached hydrogen (secondary N) is 2. The van der Waals surface area contributed by atoms with Gasteiger partial charge in [0.1, 0.15) is 0 Å². The molecule has 290 valence electrons. The summed E-state index contributed by atoms with van der Waals surface area (Å²) in [5, 5.41) is 15.4. The number of nitrogens with two attached hydrogens (primary N) is 1. The Labute approximate surface area is 325 Å². The van der Waals surface area contributed by atoms with Crippen molar-refractivity contribution in [3.05, 3.63) is 119 Å². The minimum absolute atomic E-state index is 0.0174. The van der Waals surface area contributed by atoms with E-state index in [1.54, 1.807) is 12.1 Å². The van der Waals surface area contributed by atoms with E-state index in [1.165, 1.54) is 19.3 Å². The average Bonchev–Trinajstić information content (AvgIpc) is 3.41. The standard InChI is InChI=1S/C46H56N4O5/c1-45(2)24-37-25-46(3,29-45)30-50(37)27-38-23-41(34-16-14-31(28-51)15-17-34)55-44(54-38)35-20-18-33(19-21-35)36-9-6-8-32(22-36)26-48-42(52)12-7-13-43(53)49-40-11-5-4-10-39(40)47/h4-6,8-11,14-22,37-38,41,44,51H,7,12-13,23-30,47H2,1-3H3,(H,48,52)(H,49,53). The molecule has 55 heavy (non-hydrogen) atoms. The van der Waals surface area contributed by atoms with Gasteiger partial charge in [0.05, 0.1) is 30.2 Å². The summed E-state index contributed by atoms with van der Waals surface area (Å²) in [7, 11) is 0. The van der Waals surface area contributed by atoms with E-state index >= 15 is 0 Å². The van der Waals surface area contributed by atoms with Crippen LogP contribution in [0.25, 0.3) is 11.1 Å². The van der Waals surface area contributed by atoms with Crippen LogP contribution in [0.1, 0.15) is 100 Å². The zero-order chi connectivity index (χ0) is 38.6. The molecule has 5 N–H and O–H groups in total. The molecule has 2 amide bonds. The number of carbonyl (C=O) groups excluding carboxylic acids is 2. The molecule has 0 radical (unpaired) electrons. The van der Waals surface area contributed by atoms with Gasteiger partial charge in [0.15, 0.2) is 6.29 Å². The Morgan fingerprint density at radius 1 is 0.836 bits per heavy atom. The molecule has 3 aliphatic rings. The van der Waals surface area contributed by atoms with E-state index in [9.17, 15) is 14.7 Å². The molecule has 4 aromatic rings. The highest BCUT2D eigenvalue weighted by Gasteiger charge is 2.50. The number of amides is 2. The zero-order valence-corrected chi connectivity index (χ0v) is 32.4. The van der Waals surface area contributed by atoms with Crippen LogP contribution in [-0.2, 0) is 32.2 Å². The number of aliphatic hydroxyl groups excluding tert-OH is 1. The van der Waals surface area contributed by atoms with Crippen molar-refractivity contribution >= 4 is 23.2 Å². The van der Waals surface area contributed by atoms with E-state index in [0.29, 0.717) is 41.2 Å². The summed E-state index contributed by atoms with van der Waals surface area (Å²) >= 11 is 0. The molecule has 9 heteroatoms. The Bertz CT molecular complexity index is 1950. The third-order valence-corrected chi connectivity index (χ3v) is 11.6. The third-order valence-electron chi connectivity index (χ3n) is 11.6. The number of anilines is 2. The van der Waals surface area contributed by atoms with Crippen LogP contribution in [0.15, 0.2) is 97.1 Å². The number of aliphatic hydroxyl groups is 1. The number of para-hydroxylation sites is 2. The van der Waals surface area contributed by atoms with E-state index in [1.807, 2.05) is 36.4 Å². The molecule has 1 aliphatic carbocycles. The smallest absolute Gasteiger partial charge is 0.224 e. The number of carbonyl (C=O) groups is 2. The number of rotatable bonds is 13. The van der Waals surface area contributed by atoms with Crippen molar-refractivity contribution in [2.24, 2.45) is 10.8 Å². The van der Waals surface area contributed by atoms with Gasteiger partial charge in [0.25, 0.3) is 0 Å². The van der Waals surface area contributed by atoms with Crippen molar-refractivity contribution in [3.63, 3.8) is 0 Å². The first kappa shape index (κ1) is 38.7. The van der Waals surface area contributed by atoms with Gasteiger partial charge in [0.2, 0.25) is 11.8 Å². The summed E-state index contributed by atoms with van der Waals surface area (Å²) in [6, 6.07) is 32.4. The maximum atomic E-state index is 12.6. The van der Waals surface area contributed by atoms with Crippen molar-refractivity contribution in [1.82, 2.24) is 10.2 Å². The van der Waals surface area contributed by atoms with Gasteiger partial charge in [0, 0.05) is 50.5 Å². The molecule has 3 fully saturated rings. The summed E-state index contributed by atoms with van der Waals surface area (Å²) < 4.78 is 13.5. The lowest BCUT2D eigenvalue weighted by Crippen LogP contribution is -2.42. The van der Waals surface area contributed by atoms with Gasteiger partial charge in [-0.15, -0.1) is 0 Å². The summed E-state index contributed by atoms with van der Waals surface area (Å²) in [5.41, 5.74) is 13.8. The minimum atomic E-state index is -0.506. The predicted molar refractivity (Wildman–Crippen MR) is 217 cm³/mol. The summed E-state index contributed by atoms with van der Waals surface area (Å²) in [6.45, 7) is 9.73. The van der Waals surface area contributed by atoms with Gasteiger partial charge < -0.3 is 30.9 Å². The summed E-state index contributed by atoms with van der Waals surface area (Å²) in [4.78, 5) is 27.6. The maximum absolute atomic E-state index is 12.6. The molecule has 2 bridgehead atoms. The number of ether oxygens (including phenoxy) is 2. The highest BCUT2D eigenvalue weighted by molar-refractivity contribution is 5.94. The minimum Gasteiger partial charge on any atom is -0.397 e. The largest absolute Gasteiger partial charge is 0.397 e. The van der Waals surface area contributed by atoms with Crippen molar-refractivity contribution in [2.75, 3.05) is 24.1 Å². The van der Waals surface area contributed by atoms with Crippen LogP contribution in [0.3, 0.4) is 0 Å². The van der Waals surface area contributed by atoms with Crippen LogP contribution in [0.4, 0.5) is 11.4 Å². The molecule has 0 spiro atoms. The van der Waals surface area contributed by atoms with E-state index in [0.717, 1.165) is 52.9 Å². The Hall–Kier alpha value is -4.54. The number of fused-ring (bicyclic) bond motifs is 2. The molecule has 7 rings (SSSR count). The highest BCUT2D eigenvalue weighted by Crippen LogP contribution is 2.53. The van der Waals surface area contributed by atoms with E-state index in [4.69, 9.17) is 15.2 Å². The van der Waals surface area contributed by atoms with E-state index < -0.39 is 6.29 Å². The van der Waals surface area contributed by atoms with E-state index in [2.05, 4.69) is 84.8 Å². The Morgan fingerprint density at radius 2 is 1.58 bits per heavy atom. The van der Waals surface area contributed by atoms with E-state index in [-0.39, 0.29) is 43.5 Å². The highest BCUT2D eigenvalue weighted by atomic mass is 16.7. The Balaban J connectivity index is 0.966. The number of hydrogen-bond acceptors (Lipinski definition) is 7. The fourth-order valence-electron chi connectivity index (χ4n) is 9.30. The number of nitrogens with zero attached hydrogens (tertiary/aromatic N) is 1. The molecule has 4 aromatic carbocycles. The fourth-order valence-corrected chi connectivity index (χ4v) is 9.30. The maximum Gasteiger partial charge on any atom is 0.224 e. The summed E-state index contributed by atoms with van der Waals surface area (Å²) in [6.07, 6.45) is 4.86. The average molecular weight is 745 g/mol. The Morgan fingerprint density at radius 3 is 2.35 bits per heavy atom. The van der Waals surface area contributed by atoms with Crippen molar-refractivity contribution in [1.29, 1.82) is 0 Å². The van der Waals surface area contributed by atoms with Gasteiger partial charge in [-0.2, -0.15) is 0 Å². The molecule has 5 unspecified atom stereocenters. The van der Waals surface area contributed by atoms with Crippen molar-refractivity contribution in [3.8, 4) is 11.1 Å². The first-order chi connectivity index (χ1) is 26.4. The van der Waals surface area contributed by atoms with Crippen molar-refractivity contribution < 1.29 is 24.2 Å². The third kappa shape index (κ3) is 9.83. The monoisotopic (exact) mass is 744 g/mol. The second-order valence-electron chi connectivity index (χ2n) is 17.1. The molecule has 2 aliphatic heterocycles. The number of benzene rings is 4. The van der Waals surface area contributed by atoms with Gasteiger partial charge >= 0.3 is 0 Å². The van der Waals surface area contributed by atoms with Crippen molar-refractivity contribution in [2.45, 2.75) is 103 Å². The predicted octanol–water partition coefficient (Wildman–Crippen LogP) is 8.30. The van der Waals surface area contributed by atoms with Crippen LogP contribution < -0.4 is 16.4 Å². The second-order valence-corrected chi connectivity index (χ2v) is 17.1. The van der Waals surface area contributed by atoms with Crippen LogP contribution in [0.5, 0.6) is 0 Å². The Kier molecular flexibility index (Phi) is 11.7. The number of nitrogen functional groups attached to an aromatic ring is 1. The number of likely N-dealkylation sites (tertiary alicyclic amines) is 1. The molecule has 2 saturated heterocycles. The van der Waals surface area contributed by atoms with Crippen LogP contribution in [-0.4, -0.2) is 47.1 Å². The lowest BCUT2D eigenvalue weighted by Gasteiger charge is -2.41. The SMILES string of the molecule is CC1(C)CC2CC(C)(CN2CC2CC(c3ccc(CO)cc3)OC(c3ccc(-c4cccc(CNC(=O)CCCC(=O)Nc5ccccc5N)c4)cc3)O2)C1. The van der Waals surface area contributed by atoms with Gasteiger partial charge in [-0.1, -0.05) is 99.6 Å². The molecular formula is C46H56N4O5. The molecule has 5 atom stereocenters. The molecule has 9 nitrogen and oxygen atoms in total. The zero-order valence-electron chi connectivity index (χ0n) is 32.4. The first-order valence-corrected chi connectivity index (χ1v) is 19.8. The molecule has 0 aromatic heterocycles. The van der Waals surface area contributed by atoms with Gasteiger partial charge in [-0.25, -0.2) is 0 Å². The molecular weight excluding hydrogens is 689 g/mol. The second kappa shape index (κ2) is 16.7. The fraction of sp³-hybridized carbons (Fsp3) is 0.435. The van der Waals surface area contributed by atoms with Crippen LogP contribution >= 0.6 is 0 Å². The molecule has 2 heterocycles. The van der Waals surface area contributed by atoms with Crippen LogP contribution in [0, 0.1) is 10.8 Å².